The molecule has 0 saturated heterocycles. The third-order valence-electron chi connectivity index (χ3n) is 2.31. The summed E-state index contributed by atoms with van der Waals surface area (Å²) in [6.45, 7) is 11.8. The van der Waals surface area contributed by atoms with Gasteiger partial charge in [-0.05, 0) is 32.1 Å². The van der Waals surface area contributed by atoms with E-state index in [2.05, 4.69) is 26.5 Å². The number of Topliss-reactive ketones (excluding diaryl/α,β-unsaturated/α-hetero) is 1. The van der Waals surface area contributed by atoms with Gasteiger partial charge >= 0.3 is 0 Å². The van der Waals surface area contributed by atoms with Crippen molar-refractivity contribution in [1.29, 1.82) is 0 Å². The van der Waals surface area contributed by atoms with Crippen LogP contribution in [0.1, 0.15) is 40.5 Å². The number of hydrogen-bond acceptors (Lipinski definition) is 1. The van der Waals surface area contributed by atoms with Crippen LogP contribution in [-0.2, 0) is 4.79 Å². The van der Waals surface area contributed by atoms with E-state index in [0.29, 0.717) is 18.3 Å². The maximum absolute atomic E-state index is 10.9. The molecule has 0 unspecified atom stereocenters. The number of ketones is 1. The fourth-order valence-electron chi connectivity index (χ4n) is 1.31. The van der Waals surface area contributed by atoms with Crippen LogP contribution in [0, 0.1) is 11.8 Å². The van der Waals surface area contributed by atoms with E-state index in [0.717, 1.165) is 12.0 Å². The van der Waals surface area contributed by atoms with Crippen LogP contribution in [0.2, 0.25) is 0 Å². The summed E-state index contributed by atoms with van der Waals surface area (Å²) < 4.78 is 0. The molecule has 0 aromatic rings. The Kier molecular flexibility index (Phi) is 6.18. The van der Waals surface area contributed by atoms with Crippen LogP contribution >= 0.6 is 0 Å². The van der Waals surface area contributed by atoms with Crippen molar-refractivity contribution in [3.8, 4) is 0 Å². The topological polar surface area (TPSA) is 17.1 Å². The number of allylic oxidation sites excluding steroid dienone is 3. The molecule has 0 heterocycles. The van der Waals surface area contributed by atoms with Gasteiger partial charge in [-0.2, -0.15) is 0 Å². The van der Waals surface area contributed by atoms with Crippen LogP contribution in [0.5, 0.6) is 0 Å². The molecule has 1 atom stereocenters. The second-order valence-corrected chi connectivity index (χ2v) is 4.35. The zero-order valence-electron chi connectivity index (χ0n) is 9.84. The predicted octanol–water partition coefficient (Wildman–Crippen LogP) is 3.76. The highest BCUT2D eigenvalue weighted by molar-refractivity contribution is 5.75. The van der Waals surface area contributed by atoms with Gasteiger partial charge in [-0.3, -0.25) is 0 Å². The minimum Gasteiger partial charge on any atom is -0.300 e. The summed E-state index contributed by atoms with van der Waals surface area (Å²) >= 11 is 0. The Balaban J connectivity index is 4.16. The third kappa shape index (κ3) is 6.64. The first kappa shape index (κ1) is 13.2. The molecule has 1 nitrogen and oxygen atoms in total. The van der Waals surface area contributed by atoms with E-state index in [4.69, 9.17) is 0 Å². The Bertz CT molecular complexity index is 223. The minimum absolute atomic E-state index is 0.277. The van der Waals surface area contributed by atoms with Gasteiger partial charge in [0.2, 0.25) is 0 Å². The first-order valence-electron chi connectivity index (χ1n) is 5.26. The second-order valence-electron chi connectivity index (χ2n) is 4.35. The highest BCUT2D eigenvalue weighted by Gasteiger charge is 2.10. The molecule has 0 fully saturated rings. The molecule has 80 valence electrons. The zero-order chi connectivity index (χ0) is 11.1. The molecule has 0 aromatic carbocycles. The van der Waals surface area contributed by atoms with E-state index in [1.807, 2.05) is 13.0 Å². The van der Waals surface area contributed by atoms with Crippen LogP contribution < -0.4 is 0 Å². The summed E-state index contributed by atoms with van der Waals surface area (Å²) in [7, 11) is 0. The van der Waals surface area contributed by atoms with Gasteiger partial charge in [-0.15, -0.1) is 0 Å². The van der Waals surface area contributed by atoms with Crippen molar-refractivity contribution in [3.63, 3.8) is 0 Å². The highest BCUT2D eigenvalue weighted by Crippen LogP contribution is 2.19. The molecule has 0 aliphatic carbocycles. The molecule has 1 heteroatoms. The van der Waals surface area contributed by atoms with Gasteiger partial charge in [0.15, 0.2) is 0 Å². The van der Waals surface area contributed by atoms with Crippen molar-refractivity contribution in [2.24, 2.45) is 11.8 Å². The summed E-state index contributed by atoms with van der Waals surface area (Å²) in [6.07, 6.45) is 5.86. The van der Waals surface area contributed by atoms with Crippen LogP contribution in [-0.4, -0.2) is 5.78 Å². The molecule has 0 radical (unpaired) electrons. The Labute approximate surface area is 87.9 Å². The van der Waals surface area contributed by atoms with E-state index in [1.165, 1.54) is 0 Å². The number of carbonyl (C=O) groups is 1. The molecule has 0 amide bonds. The smallest absolute Gasteiger partial charge is 0.129 e. The lowest BCUT2D eigenvalue weighted by atomic mass is 9.90. The standard InChI is InChI=1S/C13H22O/c1-10(2)6-8-13(11(3)4)9-7-12(5)14/h6,8,11,13H,1,7,9H2,2-5H3/b8-6+/t13-/m1/s1. The van der Waals surface area contributed by atoms with Crippen molar-refractivity contribution in [3.05, 3.63) is 24.3 Å². The summed E-state index contributed by atoms with van der Waals surface area (Å²) in [4.78, 5) is 10.9. The monoisotopic (exact) mass is 194 g/mol. The Hall–Kier alpha value is -0.850. The Morgan fingerprint density at radius 2 is 1.93 bits per heavy atom. The summed E-state index contributed by atoms with van der Waals surface area (Å²) in [5.74, 6) is 1.36. The molecule has 0 spiro atoms. The average Bonchev–Trinajstić information content (AvgIpc) is 2.02. The summed E-state index contributed by atoms with van der Waals surface area (Å²) in [6, 6.07) is 0. The lowest BCUT2D eigenvalue weighted by Gasteiger charge is -2.15. The highest BCUT2D eigenvalue weighted by atomic mass is 16.1. The Morgan fingerprint density at radius 3 is 2.29 bits per heavy atom. The first-order chi connectivity index (χ1) is 6.43. The zero-order valence-corrected chi connectivity index (χ0v) is 9.84. The molecule has 0 aliphatic heterocycles. The van der Waals surface area contributed by atoms with Gasteiger partial charge in [0.25, 0.3) is 0 Å². The lowest BCUT2D eigenvalue weighted by Crippen LogP contribution is -2.07. The quantitative estimate of drug-likeness (QED) is 0.588. The van der Waals surface area contributed by atoms with Crippen molar-refractivity contribution >= 4 is 5.78 Å². The van der Waals surface area contributed by atoms with Gasteiger partial charge in [0.05, 0.1) is 0 Å². The van der Waals surface area contributed by atoms with Crippen molar-refractivity contribution in [2.45, 2.75) is 40.5 Å². The van der Waals surface area contributed by atoms with Gasteiger partial charge < -0.3 is 4.79 Å². The van der Waals surface area contributed by atoms with Crippen molar-refractivity contribution < 1.29 is 4.79 Å². The number of rotatable bonds is 6. The molecule has 0 saturated carbocycles. The first-order valence-corrected chi connectivity index (χ1v) is 5.26. The van der Waals surface area contributed by atoms with E-state index < -0.39 is 0 Å². The number of carbonyl (C=O) groups excluding carboxylic acids is 1. The van der Waals surface area contributed by atoms with Gasteiger partial charge in [-0.25, -0.2) is 0 Å². The number of hydrogen-bond donors (Lipinski definition) is 0. The molecule has 14 heavy (non-hydrogen) atoms. The van der Waals surface area contributed by atoms with Gasteiger partial charge in [0.1, 0.15) is 5.78 Å². The third-order valence-corrected chi connectivity index (χ3v) is 2.31. The lowest BCUT2D eigenvalue weighted by molar-refractivity contribution is -0.117. The maximum atomic E-state index is 10.9. The normalized spacial score (nSPS) is 13.5. The Morgan fingerprint density at radius 1 is 1.36 bits per heavy atom. The summed E-state index contributed by atoms with van der Waals surface area (Å²) in [5, 5.41) is 0. The van der Waals surface area contributed by atoms with E-state index in [1.54, 1.807) is 6.92 Å². The fourth-order valence-corrected chi connectivity index (χ4v) is 1.31. The predicted molar refractivity (Wildman–Crippen MR) is 62.2 cm³/mol. The molecular formula is C13H22O. The molecule has 0 bridgehead atoms. The molecule has 0 rings (SSSR count). The van der Waals surface area contributed by atoms with Crippen LogP contribution in [0.15, 0.2) is 24.3 Å². The maximum Gasteiger partial charge on any atom is 0.129 e. The van der Waals surface area contributed by atoms with Crippen LogP contribution in [0.25, 0.3) is 0 Å². The molecule has 0 aliphatic rings. The molecular weight excluding hydrogens is 172 g/mol. The molecule has 0 N–H and O–H groups in total. The fraction of sp³-hybridized carbons (Fsp3) is 0.615. The average molecular weight is 194 g/mol. The molecule has 0 aromatic heterocycles. The van der Waals surface area contributed by atoms with Crippen molar-refractivity contribution in [1.82, 2.24) is 0 Å². The van der Waals surface area contributed by atoms with Crippen LogP contribution in [0.3, 0.4) is 0 Å². The van der Waals surface area contributed by atoms with E-state index in [9.17, 15) is 4.79 Å². The van der Waals surface area contributed by atoms with Gasteiger partial charge in [0, 0.05) is 6.42 Å². The minimum atomic E-state index is 0.277. The second kappa shape index (κ2) is 6.58. The van der Waals surface area contributed by atoms with E-state index in [-0.39, 0.29) is 5.78 Å². The summed E-state index contributed by atoms with van der Waals surface area (Å²) in [5.41, 5.74) is 1.07. The van der Waals surface area contributed by atoms with E-state index >= 15 is 0 Å². The van der Waals surface area contributed by atoms with Crippen LogP contribution in [0.4, 0.5) is 0 Å². The SMILES string of the molecule is C=C(C)/C=C/[C@H](CCC(C)=O)C(C)C. The largest absolute Gasteiger partial charge is 0.300 e. The van der Waals surface area contributed by atoms with Crippen molar-refractivity contribution in [2.75, 3.05) is 0 Å². The van der Waals surface area contributed by atoms with Gasteiger partial charge in [-0.1, -0.05) is 38.2 Å².